The van der Waals surface area contributed by atoms with Crippen molar-refractivity contribution in [3.63, 3.8) is 0 Å². The van der Waals surface area contributed by atoms with Crippen molar-refractivity contribution in [2.24, 2.45) is 0 Å². The first-order chi connectivity index (χ1) is 13.5. The highest BCUT2D eigenvalue weighted by molar-refractivity contribution is 5.94. The number of amides is 1. The molecule has 4 heteroatoms. The maximum absolute atomic E-state index is 13.5. The monoisotopic (exact) mass is 375 g/mol. The zero-order valence-corrected chi connectivity index (χ0v) is 15.5. The Morgan fingerprint density at radius 2 is 1.50 bits per heavy atom. The number of piperidine rings is 1. The highest BCUT2D eigenvalue weighted by Crippen LogP contribution is 2.33. The van der Waals surface area contributed by atoms with Crippen molar-refractivity contribution in [2.75, 3.05) is 13.1 Å². The third-order valence-electron chi connectivity index (χ3n) is 5.48. The van der Waals surface area contributed by atoms with Crippen molar-refractivity contribution in [1.82, 2.24) is 4.90 Å². The lowest BCUT2D eigenvalue weighted by molar-refractivity contribution is -0.0213. The van der Waals surface area contributed by atoms with E-state index in [1.54, 1.807) is 17.0 Å². The number of rotatable bonds is 3. The molecule has 3 aromatic carbocycles. The van der Waals surface area contributed by atoms with Crippen molar-refractivity contribution in [1.29, 1.82) is 0 Å². The fraction of sp³-hybridized carbons (Fsp3) is 0.208. The molecule has 4 rings (SSSR count). The molecule has 0 radical (unpaired) electrons. The fourth-order valence-corrected chi connectivity index (χ4v) is 3.76. The minimum Gasteiger partial charge on any atom is -0.385 e. The molecule has 1 aliphatic rings. The van der Waals surface area contributed by atoms with Crippen molar-refractivity contribution in [2.45, 2.75) is 18.4 Å². The van der Waals surface area contributed by atoms with Gasteiger partial charge in [-0.2, -0.15) is 0 Å². The Kier molecular flexibility index (Phi) is 4.97. The van der Waals surface area contributed by atoms with E-state index in [9.17, 15) is 14.3 Å². The van der Waals surface area contributed by atoms with Crippen LogP contribution in [0.3, 0.4) is 0 Å². The third kappa shape index (κ3) is 3.69. The van der Waals surface area contributed by atoms with Crippen molar-refractivity contribution >= 4 is 5.91 Å². The maximum atomic E-state index is 13.5. The Balaban J connectivity index is 1.44. The Morgan fingerprint density at radius 3 is 2.14 bits per heavy atom. The van der Waals surface area contributed by atoms with Gasteiger partial charge in [0.05, 0.1) is 5.60 Å². The lowest BCUT2D eigenvalue weighted by Crippen LogP contribution is -2.45. The van der Waals surface area contributed by atoms with E-state index < -0.39 is 5.60 Å². The fourth-order valence-electron chi connectivity index (χ4n) is 3.76. The van der Waals surface area contributed by atoms with Crippen LogP contribution in [0.1, 0.15) is 28.8 Å². The van der Waals surface area contributed by atoms with Crippen LogP contribution in [-0.2, 0) is 5.60 Å². The number of aliphatic hydroxyl groups is 1. The first-order valence-corrected chi connectivity index (χ1v) is 9.48. The summed E-state index contributed by atoms with van der Waals surface area (Å²) in [7, 11) is 0. The van der Waals surface area contributed by atoms with Gasteiger partial charge in [-0.05, 0) is 53.8 Å². The average molecular weight is 375 g/mol. The van der Waals surface area contributed by atoms with E-state index in [1.165, 1.54) is 12.1 Å². The molecule has 28 heavy (non-hydrogen) atoms. The molecule has 1 aliphatic heterocycles. The van der Waals surface area contributed by atoms with Crippen LogP contribution in [0.15, 0.2) is 78.9 Å². The van der Waals surface area contributed by atoms with Gasteiger partial charge in [0.15, 0.2) is 0 Å². The summed E-state index contributed by atoms with van der Waals surface area (Å²) >= 11 is 0. The molecular weight excluding hydrogens is 353 g/mol. The van der Waals surface area contributed by atoms with E-state index in [4.69, 9.17) is 0 Å². The molecule has 0 saturated carbocycles. The summed E-state index contributed by atoms with van der Waals surface area (Å²) in [5.74, 6) is -0.399. The normalized spacial score (nSPS) is 16.0. The summed E-state index contributed by atoms with van der Waals surface area (Å²) in [6.45, 7) is 0.874. The smallest absolute Gasteiger partial charge is 0.253 e. The molecule has 1 saturated heterocycles. The minimum atomic E-state index is -1.09. The minimum absolute atomic E-state index is 0.0408. The van der Waals surface area contributed by atoms with Gasteiger partial charge >= 0.3 is 0 Å². The van der Waals surface area contributed by atoms with E-state index >= 15 is 0 Å². The molecule has 1 heterocycles. The van der Waals surface area contributed by atoms with E-state index in [-0.39, 0.29) is 11.7 Å². The molecule has 0 bridgehead atoms. The maximum Gasteiger partial charge on any atom is 0.253 e. The van der Waals surface area contributed by atoms with Gasteiger partial charge in [-0.1, -0.05) is 54.6 Å². The quantitative estimate of drug-likeness (QED) is 0.726. The lowest BCUT2D eigenvalue weighted by atomic mass is 9.84. The van der Waals surface area contributed by atoms with Gasteiger partial charge in [-0.15, -0.1) is 0 Å². The van der Waals surface area contributed by atoms with E-state index in [0.29, 0.717) is 37.1 Å². The molecule has 0 aromatic heterocycles. The van der Waals surface area contributed by atoms with Crippen LogP contribution in [0.4, 0.5) is 4.39 Å². The Hall–Kier alpha value is -2.98. The molecule has 1 amide bonds. The highest BCUT2D eigenvalue weighted by Gasteiger charge is 2.35. The summed E-state index contributed by atoms with van der Waals surface area (Å²) in [6.07, 6.45) is 0.786. The number of carbonyl (C=O) groups excluding carboxylic acids is 1. The Labute approximate surface area is 164 Å². The van der Waals surface area contributed by atoms with Gasteiger partial charge in [0.2, 0.25) is 0 Å². The first kappa shape index (κ1) is 18.4. The van der Waals surface area contributed by atoms with Gasteiger partial charge in [-0.25, -0.2) is 4.39 Å². The van der Waals surface area contributed by atoms with Crippen molar-refractivity contribution < 1.29 is 14.3 Å². The molecular formula is C24H22FNO2. The lowest BCUT2D eigenvalue weighted by Gasteiger charge is -2.38. The summed E-state index contributed by atoms with van der Waals surface area (Å²) in [6, 6.07) is 23.7. The van der Waals surface area contributed by atoms with E-state index in [1.807, 2.05) is 54.6 Å². The molecule has 3 aromatic rings. The molecule has 142 valence electrons. The van der Waals surface area contributed by atoms with Crippen LogP contribution in [-0.4, -0.2) is 29.0 Å². The molecule has 3 nitrogen and oxygen atoms in total. The Morgan fingerprint density at radius 1 is 0.857 bits per heavy atom. The predicted molar refractivity (Wildman–Crippen MR) is 107 cm³/mol. The number of hydrogen-bond donors (Lipinski definition) is 1. The van der Waals surface area contributed by atoms with Crippen molar-refractivity contribution in [3.05, 3.63) is 95.8 Å². The third-order valence-corrected chi connectivity index (χ3v) is 5.48. The van der Waals surface area contributed by atoms with E-state index in [2.05, 4.69) is 0 Å². The number of nitrogens with zero attached hydrogens (tertiary/aromatic N) is 1. The topological polar surface area (TPSA) is 40.5 Å². The molecule has 0 spiro atoms. The van der Waals surface area contributed by atoms with E-state index in [0.717, 1.165) is 11.1 Å². The van der Waals surface area contributed by atoms with Gasteiger partial charge in [0.25, 0.3) is 5.91 Å². The second kappa shape index (κ2) is 7.56. The first-order valence-electron chi connectivity index (χ1n) is 9.48. The zero-order chi connectivity index (χ0) is 19.6. The summed E-state index contributed by atoms with van der Waals surface area (Å²) < 4.78 is 13.5. The molecule has 0 aliphatic carbocycles. The van der Waals surface area contributed by atoms with Crippen LogP contribution in [0.2, 0.25) is 0 Å². The summed E-state index contributed by atoms with van der Waals surface area (Å²) in [5.41, 5.74) is 2.30. The molecule has 1 N–H and O–H groups in total. The van der Waals surface area contributed by atoms with Crippen LogP contribution in [0.25, 0.3) is 11.1 Å². The van der Waals surface area contributed by atoms with Crippen LogP contribution in [0, 0.1) is 5.82 Å². The summed E-state index contributed by atoms with van der Waals surface area (Å²) in [4.78, 5) is 14.6. The molecule has 1 fully saturated rings. The average Bonchev–Trinajstić information content (AvgIpc) is 2.75. The second-order valence-electron chi connectivity index (χ2n) is 7.28. The number of likely N-dealkylation sites (tertiary alicyclic amines) is 1. The highest BCUT2D eigenvalue weighted by atomic mass is 19.1. The second-order valence-corrected chi connectivity index (χ2v) is 7.28. The Bertz CT molecular complexity index is 961. The van der Waals surface area contributed by atoms with Gasteiger partial charge in [0.1, 0.15) is 5.82 Å². The summed E-state index contributed by atoms with van der Waals surface area (Å²) in [5, 5.41) is 10.9. The largest absolute Gasteiger partial charge is 0.385 e. The van der Waals surface area contributed by atoms with Crippen LogP contribution < -0.4 is 0 Å². The van der Waals surface area contributed by atoms with Crippen molar-refractivity contribution in [3.8, 4) is 11.1 Å². The van der Waals surface area contributed by atoms with Crippen LogP contribution in [0.5, 0.6) is 0 Å². The number of hydrogen-bond acceptors (Lipinski definition) is 2. The number of benzene rings is 3. The van der Waals surface area contributed by atoms with Gasteiger partial charge < -0.3 is 10.0 Å². The van der Waals surface area contributed by atoms with Gasteiger partial charge in [-0.3, -0.25) is 4.79 Å². The molecule has 0 atom stereocenters. The molecule has 0 unspecified atom stereocenters. The number of halogens is 1. The number of carbonyl (C=O) groups is 1. The standard InChI is InChI=1S/C24H22FNO2/c25-22-8-4-7-21(17-22)24(28)13-15-26(16-14-24)23(27)20-11-9-19(10-12-20)18-5-2-1-3-6-18/h1-12,17,28H,13-16H2. The SMILES string of the molecule is O=C(c1ccc(-c2ccccc2)cc1)N1CCC(O)(c2cccc(F)c2)CC1. The predicted octanol–water partition coefficient (Wildman–Crippen LogP) is 4.62. The van der Waals surface area contributed by atoms with Crippen LogP contribution >= 0.6 is 0 Å². The van der Waals surface area contributed by atoms with Gasteiger partial charge in [0, 0.05) is 18.7 Å². The zero-order valence-electron chi connectivity index (χ0n) is 15.5.